The van der Waals surface area contributed by atoms with Crippen LogP contribution in [0.3, 0.4) is 0 Å². The number of rotatable bonds is 5. The van der Waals surface area contributed by atoms with E-state index in [1.165, 1.54) is 0 Å². The molecule has 3 rings (SSSR count). The molecule has 22 heavy (non-hydrogen) atoms. The highest BCUT2D eigenvalue weighted by Crippen LogP contribution is 2.27. The SMILES string of the molecule is O=S(=O)(NCCN1CCNCC1)c1ccc2c(c1)CCCO2. The van der Waals surface area contributed by atoms with Crippen molar-refractivity contribution < 1.29 is 13.2 Å². The zero-order valence-electron chi connectivity index (χ0n) is 12.7. The van der Waals surface area contributed by atoms with Gasteiger partial charge in [0, 0.05) is 39.3 Å². The fourth-order valence-electron chi connectivity index (χ4n) is 2.86. The number of benzene rings is 1. The molecule has 2 aliphatic heterocycles. The van der Waals surface area contributed by atoms with Crippen LogP contribution in [-0.4, -0.2) is 59.2 Å². The number of hydrogen-bond donors (Lipinski definition) is 2. The molecule has 7 heteroatoms. The third-order valence-corrected chi connectivity index (χ3v) is 5.58. The molecule has 0 spiro atoms. The Labute approximate surface area is 131 Å². The van der Waals surface area contributed by atoms with Crippen molar-refractivity contribution in [1.82, 2.24) is 14.9 Å². The van der Waals surface area contributed by atoms with Crippen LogP contribution in [0.15, 0.2) is 23.1 Å². The summed E-state index contributed by atoms with van der Waals surface area (Å²) in [5.74, 6) is 0.811. The van der Waals surface area contributed by atoms with E-state index in [1.54, 1.807) is 18.2 Å². The molecular formula is C15H23N3O3S. The Hall–Kier alpha value is -1.15. The normalized spacial score (nSPS) is 19.5. The quantitative estimate of drug-likeness (QED) is 0.809. The maximum Gasteiger partial charge on any atom is 0.240 e. The van der Waals surface area contributed by atoms with Crippen LogP contribution < -0.4 is 14.8 Å². The van der Waals surface area contributed by atoms with Crippen molar-refractivity contribution in [2.45, 2.75) is 17.7 Å². The minimum atomic E-state index is -3.44. The molecule has 1 fully saturated rings. The van der Waals surface area contributed by atoms with Crippen molar-refractivity contribution in [3.63, 3.8) is 0 Å². The first-order valence-electron chi connectivity index (χ1n) is 7.84. The van der Waals surface area contributed by atoms with E-state index in [2.05, 4.69) is 14.9 Å². The molecule has 0 aromatic heterocycles. The van der Waals surface area contributed by atoms with Crippen LogP contribution >= 0.6 is 0 Å². The summed E-state index contributed by atoms with van der Waals surface area (Å²) in [7, 11) is -3.44. The first-order chi connectivity index (χ1) is 10.6. The summed E-state index contributed by atoms with van der Waals surface area (Å²) < 4.78 is 33.0. The van der Waals surface area contributed by atoms with E-state index in [4.69, 9.17) is 4.74 Å². The van der Waals surface area contributed by atoms with Crippen molar-refractivity contribution >= 4 is 10.0 Å². The van der Waals surface area contributed by atoms with Gasteiger partial charge in [0.1, 0.15) is 5.75 Å². The Kier molecular flexibility index (Phi) is 4.97. The maximum atomic E-state index is 12.4. The average molecular weight is 325 g/mol. The first kappa shape index (κ1) is 15.7. The molecule has 0 bridgehead atoms. The van der Waals surface area contributed by atoms with E-state index in [0.29, 0.717) is 18.0 Å². The van der Waals surface area contributed by atoms with Crippen LogP contribution in [0.25, 0.3) is 0 Å². The summed E-state index contributed by atoms with van der Waals surface area (Å²) in [4.78, 5) is 2.59. The third kappa shape index (κ3) is 3.78. The van der Waals surface area contributed by atoms with Gasteiger partial charge in [-0.25, -0.2) is 13.1 Å². The summed E-state index contributed by atoms with van der Waals surface area (Å²) in [6.45, 7) is 5.78. The smallest absolute Gasteiger partial charge is 0.240 e. The standard InChI is InChI=1S/C15H23N3O3S/c19-22(20,17-7-10-18-8-5-16-6-9-18)14-3-4-15-13(12-14)2-1-11-21-15/h3-4,12,16-17H,1-2,5-11H2. The number of fused-ring (bicyclic) bond motifs is 1. The minimum Gasteiger partial charge on any atom is -0.493 e. The molecule has 0 saturated carbocycles. The van der Waals surface area contributed by atoms with Gasteiger partial charge in [0.15, 0.2) is 0 Å². The first-order valence-corrected chi connectivity index (χ1v) is 9.32. The summed E-state index contributed by atoms with van der Waals surface area (Å²) >= 11 is 0. The number of ether oxygens (including phenoxy) is 1. The molecule has 2 aliphatic rings. The zero-order chi connectivity index (χ0) is 15.4. The van der Waals surface area contributed by atoms with Crippen molar-refractivity contribution in [2.75, 3.05) is 45.9 Å². The van der Waals surface area contributed by atoms with E-state index in [0.717, 1.165) is 56.9 Å². The predicted molar refractivity (Wildman–Crippen MR) is 84.8 cm³/mol. The highest BCUT2D eigenvalue weighted by Gasteiger charge is 2.18. The molecule has 1 aromatic rings. The minimum absolute atomic E-state index is 0.331. The summed E-state index contributed by atoms with van der Waals surface area (Å²) in [5.41, 5.74) is 0.983. The molecule has 0 unspecified atom stereocenters. The molecule has 1 aromatic carbocycles. The largest absolute Gasteiger partial charge is 0.493 e. The second kappa shape index (κ2) is 6.95. The lowest BCUT2D eigenvalue weighted by Gasteiger charge is -2.27. The lowest BCUT2D eigenvalue weighted by Crippen LogP contribution is -2.46. The van der Waals surface area contributed by atoms with Gasteiger partial charge < -0.3 is 10.1 Å². The van der Waals surface area contributed by atoms with E-state index in [-0.39, 0.29) is 0 Å². The number of aryl methyl sites for hydroxylation is 1. The number of nitrogens with one attached hydrogen (secondary N) is 2. The van der Waals surface area contributed by atoms with Crippen LogP contribution in [0.5, 0.6) is 5.75 Å². The van der Waals surface area contributed by atoms with Gasteiger partial charge >= 0.3 is 0 Å². The van der Waals surface area contributed by atoms with Gasteiger partial charge in [-0.1, -0.05) is 0 Å². The Morgan fingerprint density at radius 1 is 1.27 bits per heavy atom. The average Bonchev–Trinajstić information content (AvgIpc) is 2.55. The molecule has 0 atom stereocenters. The number of sulfonamides is 1. The second-order valence-electron chi connectivity index (χ2n) is 5.71. The number of nitrogens with zero attached hydrogens (tertiary/aromatic N) is 1. The van der Waals surface area contributed by atoms with Gasteiger partial charge in [-0.2, -0.15) is 0 Å². The van der Waals surface area contributed by atoms with Crippen molar-refractivity contribution in [1.29, 1.82) is 0 Å². The van der Waals surface area contributed by atoms with Crippen LogP contribution in [0.2, 0.25) is 0 Å². The highest BCUT2D eigenvalue weighted by molar-refractivity contribution is 7.89. The Morgan fingerprint density at radius 3 is 2.91 bits per heavy atom. The molecule has 0 amide bonds. The van der Waals surface area contributed by atoms with E-state index >= 15 is 0 Å². The van der Waals surface area contributed by atoms with Gasteiger partial charge in [-0.3, -0.25) is 4.90 Å². The highest BCUT2D eigenvalue weighted by atomic mass is 32.2. The maximum absolute atomic E-state index is 12.4. The fraction of sp³-hybridized carbons (Fsp3) is 0.600. The zero-order valence-corrected chi connectivity index (χ0v) is 13.5. The summed E-state index contributed by atoms with van der Waals surface area (Å²) in [6, 6.07) is 5.12. The van der Waals surface area contributed by atoms with Crippen LogP contribution in [0, 0.1) is 0 Å². The lowest BCUT2D eigenvalue weighted by molar-refractivity contribution is 0.245. The molecule has 6 nitrogen and oxygen atoms in total. The number of piperazine rings is 1. The van der Waals surface area contributed by atoms with E-state index in [9.17, 15) is 8.42 Å². The molecule has 0 radical (unpaired) electrons. The van der Waals surface area contributed by atoms with E-state index in [1.807, 2.05) is 0 Å². The van der Waals surface area contributed by atoms with Gasteiger partial charge in [-0.05, 0) is 36.6 Å². The van der Waals surface area contributed by atoms with Crippen LogP contribution in [-0.2, 0) is 16.4 Å². The molecule has 1 saturated heterocycles. The van der Waals surface area contributed by atoms with Crippen molar-refractivity contribution in [2.24, 2.45) is 0 Å². The van der Waals surface area contributed by atoms with Crippen LogP contribution in [0.1, 0.15) is 12.0 Å². The second-order valence-corrected chi connectivity index (χ2v) is 7.48. The fourth-order valence-corrected chi connectivity index (χ4v) is 3.93. The van der Waals surface area contributed by atoms with Gasteiger partial charge in [0.05, 0.1) is 11.5 Å². The molecular weight excluding hydrogens is 302 g/mol. The van der Waals surface area contributed by atoms with Crippen molar-refractivity contribution in [3.05, 3.63) is 23.8 Å². The predicted octanol–water partition coefficient (Wildman–Crippen LogP) is 0.195. The monoisotopic (exact) mass is 325 g/mol. The molecule has 2 N–H and O–H groups in total. The molecule has 122 valence electrons. The Bertz CT molecular complexity index is 612. The van der Waals surface area contributed by atoms with Crippen molar-refractivity contribution in [3.8, 4) is 5.75 Å². The number of hydrogen-bond acceptors (Lipinski definition) is 5. The van der Waals surface area contributed by atoms with Gasteiger partial charge in [0.2, 0.25) is 10.0 Å². The third-order valence-electron chi connectivity index (χ3n) is 4.12. The summed E-state index contributed by atoms with van der Waals surface area (Å²) in [5, 5.41) is 3.28. The Balaban J connectivity index is 1.60. The topological polar surface area (TPSA) is 70.7 Å². The summed E-state index contributed by atoms with van der Waals surface area (Å²) in [6.07, 6.45) is 1.81. The van der Waals surface area contributed by atoms with E-state index < -0.39 is 10.0 Å². The Morgan fingerprint density at radius 2 is 2.09 bits per heavy atom. The molecule has 2 heterocycles. The molecule has 0 aliphatic carbocycles. The van der Waals surface area contributed by atoms with Gasteiger partial charge in [0.25, 0.3) is 0 Å². The lowest BCUT2D eigenvalue weighted by atomic mass is 10.1. The van der Waals surface area contributed by atoms with Crippen LogP contribution in [0.4, 0.5) is 0 Å². The van der Waals surface area contributed by atoms with Gasteiger partial charge in [-0.15, -0.1) is 0 Å².